The Morgan fingerprint density at radius 2 is 2.20 bits per heavy atom. The number of aromatic nitrogens is 1. The first kappa shape index (κ1) is 15.0. The average Bonchev–Trinajstić information content (AvgIpc) is 2.98. The Morgan fingerprint density at radius 1 is 1.45 bits per heavy atom. The molecule has 2 amide bonds. The molecule has 20 heavy (non-hydrogen) atoms. The maximum Gasteiger partial charge on any atom is 0.251 e. The normalized spacial score (nSPS) is 12.1. The van der Waals surface area contributed by atoms with Crippen LogP contribution in [0.2, 0.25) is 0 Å². The number of carbonyl (C=O) groups is 2. The van der Waals surface area contributed by atoms with Crippen molar-refractivity contribution in [1.29, 1.82) is 0 Å². The number of anilines is 1. The van der Waals surface area contributed by atoms with Gasteiger partial charge >= 0.3 is 0 Å². The average molecular weight is 327 g/mol. The smallest absolute Gasteiger partial charge is 0.251 e. The first-order valence-corrected chi connectivity index (χ1v) is 8.38. The van der Waals surface area contributed by atoms with E-state index in [4.69, 9.17) is 5.73 Å². The molecule has 0 aliphatic carbocycles. The van der Waals surface area contributed by atoms with Crippen LogP contribution in [0.25, 0.3) is 0 Å². The molecular formula is C12H13N3O2S3. The summed E-state index contributed by atoms with van der Waals surface area (Å²) in [5.41, 5.74) is 6.52. The second-order valence-corrected chi connectivity index (χ2v) is 7.39. The minimum Gasteiger partial charge on any atom is -0.366 e. The second-order valence-electron chi connectivity index (χ2n) is 4.03. The van der Waals surface area contributed by atoms with Crippen molar-refractivity contribution in [3.05, 3.63) is 28.1 Å². The predicted octanol–water partition coefficient (Wildman–Crippen LogP) is 2.73. The minimum atomic E-state index is -0.544. The van der Waals surface area contributed by atoms with Gasteiger partial charge in [0.15, 0.2) is 4.34 Å². The van der Waals surface area contributed by atoms with Gasteiger partial charge in [0, 0.05) is 11.1 Å². The van der Waals surface area contributed by atoms with Gasteiger partial charge in [-0.3, -0.25) is 9.59 Å². The van der Waals surface area contributed by atoms with Crippen molar-refractivity contribution in [2.75, 3.05) is 5.32 Å². The summed E-state index contributed by atoms with van der Waals surface area (Å²) in [6, 6.07) is 1.60. The molecule has 106 valence electrons. The van der Waals surface area contributed by atoms with E-state index >= 15 is 0 Å². The van der Waals surface area contributed by atoms with E-state index in [1.54, 1.807) is 18.4 Å². The Morgan fingerprint density at radius 3 is 2.80 bits per heavy atom. The van der Waals surface area contributed by atoms with E-state index in [1.807, 2.05) is 12.3 Å². The molecule has 0 aliphatic rings. The first-order chi connectivity index (χ1) is 9.47. The number of nitrogens with two attached hydrogens (primary N) is 1. The van der Waals surface area contributed by atoms with Crippen LogP contribution < -0.4 is 11.1 Å². The van der Waals surface area contributed by atoms with E-state index in [2.05, 4.69) is 10.3 Å². The lowest BCUT2D eigenvalue weighted by atomic mass is 10.3. The van der Waals surface area contributed by atoms with Crippen molar-refractivity contribution in [3.8, 4) is 0 Å². The molecule has 1 atom stereocenters. The fourth-order valence-corrected chi connectivity index (χ4v) is 4.19. The summed E-state index contributed by atoms with van der Waals surface area (Å²) < 4.78 is 0.853. The van der Waals surface area contributed by atoms with Gasteiger partial charge in [0.1, 0.15) is 5.00 Å². The zero-order valence-electron chi connectivity index (χ0n) is 10.9. The summed E-state index contributed by atoms with van der Waals surface area (Å²) in [6.45, 7) is 3.71. The lowest BCUT2D eigenvalue weighted by molar-refractivity contribution is -0.115. The summed E-state index contributed by atoms with van der Waals surface area (Å²) in [4.78, 5) is 27.6. The Balaban J connectivity index is 2.00. The number of amides is 2. The van der Waals surface area contributed by atoms with Gasteiger partial charge in [-0.15, -0.1) is 22.7 Å². The molecule has 0 aliphatic heterocycles. The van der Waals surface area contributed by atoms with Crippen LogP contribution in [-0.4, -0.2) is 22.0 Å². The zero-order valence-corrected chi connectivity index (χ0v) is 13.3. The highest BCUT2D eigenvalue weighted by molar-refractivity contribution is 8.02. The zero-order chi connectivity index (χ0) is 14.7. The molecule has 0 saturated heterocycles. The molecule has 0 aromatic carbocycles. The number of thiophene rings is 1. The predicted molar refractivity (Wildman–Crippen MR) is 83.6 cm³/mol. The van der Waals surface area contributed by atoms with E-state index < -0.39 is 5.91 Å². The third-order valence-electron chi connectivity index (χ3n) is 2.41. The molecule has 0 fully saturated rings. The van der Waals surface area contributed by atoms with Crippen LogP contribution in [0, 0.1) is 6.92 Å². The first-order valence-electron chi connectivity index (χ1n) is 5.74. The largest absolute Gasteiger partial charge is 0.366 e. The Hall–Kier alpha value is -1.38. The molecule has 2 aromatic rings. The number of nitrogens with one attached hydrogen (secondary N) is 1. The third-order valence-corrected chi connectivity index (χ3v) is 5.43. The molecule has 2 aromatic heterocycles. The highest BCUT2D eigenvalue weighted by atomic mass is 32.2. The van der Waals surface area contributed by atoms with Crippen molar-refractivity contribution in [2.24, 2.45) is 5.73 Å². The molecule has 0 radical (unpaired) electrons. The van der Waals surface area contributed by atoms with Crippen LogP contribution in [0.4, 0.5) is 5.00 Å². The lowest BCUT2D eigenvalue weighted by Gasteiger charge is -2.09. The molecule has 0 unspecified atom stereocenters. The van der Waals surface area contributed by atoms with Crippen molar-refractivity contribution >= 4 is 51.3 Å². The fraction of sp³-hybridized carbons (Fsp3) is 0.250. The molecular weight excluding hydrogens is 314 g/mol. The van der Waals surface area contributed by atoms with Crippen LogP contribution in [0.15, 0.2) is 21.2 Å². The van der Waals surface area contributed by atoms with E-state index in [-0.39, 0.29) is 11.2 Å². The summed E-state index contributed by atoms with van der Waals surface area (Å²) in [5, 5.41) is 6.58. The topological polar surface area (TPSA) is 85.1 Å². The second kappa shape index (κ2) is 6.38. The molecule has 0 spiro atoms. The number of nitrogens with zero attached hydrogens (tertiary/aromatic N) is 1. The van der Waals surface area contributed by atoms with E-state index in [0.717, 1.165) is 10.0 Å². The number of primary amides is 1. The van der Waals surface area contributed by atoms with Crippen LogP contribution in [0.1, 0.15) is 23.0 Å². The van der Waals surface area contributed by atoms with Crippen LogP contribution in [0.3, 0.4) is 0 Å². The van der Waals surface area contributed by atoms with E-state index in [1.165, 1.54) is 34.4 Å². The highest BCUT2D eigenvalue weighted by Crippen LogP contribution is 2.28. The van der Waals surface area contributed by atoms with Gasteiger partial charge in [-0.05, 0) is 25.3 Å². The molecule has 5 nitrogen and oxygen atoms in total. The van der Waals surface area contributed by atoms with Gasteiger partial charge in [-0.25, -0.2) is 4.98 Å². The van der Waals surface area contributed by atoms with Gasteiger partial charge in [-0.2, -0.15) is 0 Å². The van der Waals surface area contributed by atoms with Gasteiger partial charge in [-0.1, -0.05) is 11.8 Å². The monoisotopic (exact) mass is 327 g/mol. The maximum absolute atomic E-state index is 12.1. The standard InChI is InChI=1S/C12H13N3O2S3/c1-6-5-19-12(14-6)20-7(2)10(17)15-11-8(9(13)16)3-4-18-11/h3-5,7H,1-2H3,(H2,13,16)(H,15,17)/t7-/m1/s1. The molecule has 2 heterocycles. The molecule has 0 bridgehead atoms. The van der Waals surface area contributed by atoms with Gasteiger partial charge in [0.2, 0.25) is 5.91 Å². The Kier molecular flexibility index (Phi) is 4.79. The van der Waals surface area contributed by atoms with Gasteiger partial charge in [0.05, 0.1) is 10.8 Å². The van der Waals surface area contributed by atoms with Crippen LogP contribution in [-0.2, 0) is 4.79 Å². The SMILES string of the molecule is Cc1csc(S[C@H](C)C(=O)Nc2sccc2C(N)=O)n1. The number of aryl methyl sites for hydroxylation is 1. The minimum absolute atomic E-state index is 0.173. The number of thioether (sulfide) groups is 1. The Bertz CT molecular complexity index is 635. The van der Waals surface area contributed by atoms with Crippen molar-refractivity contribution < 1.29 is 9.59 Å². The summed E-state index contributed by atoms with van der Waals surface area (Å²) in [7, 11) is 0. The van der Waals surface area contributed by atoms with Crippen LogP contribution >= 0.6 is 34.4 Å². The van der Waals surface area contributed by atoms with Crippen LogP contribution in [0.5, 0.6) is 0 Å². The van der Waals surface area contributed by atoms with Crippen molar-refractivity contribution in [2.45, 2.75) is 23.4 Å². The number of carbonyl (C=O) groups excluding carboxylic acids is 2. The number of thiazole rings is 1. The summed E-state index contributed by atoms with van der Waals surface area (Å²) in [6.07, 6.45) is 0. The molecule has 2 rings (SSSR count). The van der Waals surface area contributed by atoms with Gasteiger partial charge < -0.3 is 11.1 Å². The highest BCUT2D eigenvalue weighted by Gasteiger charge is 2.19. The fourth-order valence-electron chi connectivity index (χ4n) is 1.40. The quantitative estimate of drug-likeness (QED) is 0.827. The van der Waals surface area contributed by atoms with Crippen molar-refractivity contribution in [3.63, 3.8) is 0 Å². The van der Waals surface area contributed by atoms with Gasteiger partial charge in [0.25, 0.3) is 5.91 Å². The number of rotatable bonds is 5. The van der Waals surface area contributed by atoms with Crippen molar-refractivity contribution in [1.82, 2.24) is 4.98 Å². The summed E-state index contributed by atoms with van der Waals surface area (Å²) in [5.74, 6) is -0.717. The molecule has 8 heteroatoms. The van der Waals surface area contributed by atoms with E-state index in [0.29, 0.717) is 10.6 Å². The maximum atomic E-state index is 12.1. The third kappa shape index (κ3) is 3.59. The molecule has 3 N–H and O–H groups in total. The molecule has 0 saturated carbocycles. The number of hydrogen-bond acceptors (Lipinski definition) is 6. The van der Waals surface area contributed by atoms with E-state index in [9.17, 15) is 9.59 Å². The Labute approximate surface area is 128 Å². The number of hydrogen-bond donors (Lipinski definition) is 2. The summed E-state index contributed by atoms with van der Waals surface area (Å²) >= 11 is 4.18. The lowest BCUT2D eigenvalue weighted by Crippen LogP contribution is -2.23.